The standard InChI is InChI=1S/C9H19NO4S/c1-8(4-5-13-2)15(11,12)10-6-9(7-10)14-3/h8-9H,4-7H2,1-3H3. The Morgan fingerprint density at radius 3 is 2.47 bits per heavy atom. The van der Waals surface area contributed by atoms with Crippen LogP contribution in [-0.4, -0.2) is 58.0 Å². The molecule has 0 aromatic heterocycles. The topological polar surface area (TPSA) is 55.8 Å². The first-order valence-corrected chi connectivity index (χ1v) is 6.53. The van der Waals surface area contributed by atoms with Gasteiger partial charge in [-0.15, -0.1) is 0 Å². The first-order chi connectivity index (χ1) is 7.02. The van der Waals surface area contributed by atoms with Crippen molar-refractivity contribution in [1.29, 1.82) is 0 Å². The Balaban J connectivity index is 2.45. The van der Waals surface area contributed by atoms with Gasteiger partial charge in [-0.05, 0) is 13.3 Å². The minimum atomic E-state index is -3.14. The van der Waals surface area contributed by atoms with E-state index in [1.807, 2.05) is 0 Å². The van der Waals surface area contributed by atoms with Gasteiger partial charge in [-0.1, -0.05) is 0 Å². The van der Waals surface area contributed by atoms with E-state index in [1.54, 1.807) is 21.1 Å². The van der Waals surface area contributed by atoms with E-state index in [2.05, 4.69) is 0 Å². The Morgan fingerprint density at radius 1 is 1.40 bits per heavy atom. The molecule has 1 aliphatic rings. The predicted octanol–water partition coefficient (Wildman–Crippen LogP) is 0.0718. The van der Waals surface area contributed by atoms with Crippen LogP contribution in [0.15, 0.2) is 0 Å². The van der Waals surface area contributed by atoms with E-state index in [4.69, 9.17) is 9.47 Å². The van der Waals surface area contributed by atoms with Crippen LogP contribution >= 0.6 is 0 Å². The lowest BCUT2D eigenvalue weighted by molar-refractivity contribution is 0.0119. The highest BCUT2D eigenvalue weighted by atomic mass is 32.2. The van der Waals surface area contributed by atoms with E-state index in [0.29, 0.717) is 26.1 Å². The summed E-state index contributed by atoms with van der Waals surface area (Å²) in [6.07, 6.45) is 0.599. The van der Waals surface area contributed by atoms with Gasteiger partial charge in [0.15, 0.2) is 0 Å². The van der Waals surface area contributed by atoms with E-state index >= 15 is 0 Å². The summed E-state index contributed by atoms with van der Waals surface area (Å²) in [7, 11) is 0.0293. The molecule has 1 heterocycles. The smallest absolute Gasteiger partial charge is 0.216 e. The van der Waals surface area contributed by atoms with Crippen LogP contribution in [0.3, 0.4) is 0 Å². The van der Waals surface area contributed by atoms with E-state index < -0.39 is 10.0 Å². The molecule has 6 heteroatoms. The van der Waals surface area contributed by atoms with E-state index in [9.17, 15) is 8.42 Å². The summed E-state index contributed by atoms with van der Waals surface area (Å²) in [6.45, 7) is 3.16. The van der Waals surface area contributed by atoms with Crippen LogP contribution < -0.4 is 0 Å². The molecule has 0 amide bonds. The summed E-state index contributed by atoms with van der Waals surface area (Å²) in [6, 6.07) is 0. The molecule has 0 aromatic carbocycles. The zero-order valence-electron chi connectivity index (χ0n) is 9.47. The maximum Gasteiger partial charge on any atom is 0.216 e. The van der Waals surface area contributed by atoms with E-state index in [-0.39, 0.29) is 11.4 Å². The fraction of sp³-hybridized carbons (Fsp3) is 1.00. The number of ether oxygens (including phenoxy) is 2. The Hall–Kier alpha value is -0.170. The van der Waals surface area contributed by atoms with Crippen molar-refractivity contribution in [1.82, 2.24) is 4.31 Å². The molecule has 1 rings (SSSR count). The number of hydrogen-bond acceptors (Lipinski definition) is 4. The van der Waals surface area contributed by atoms with Crippen molar-refractivity contribution in [2.75, 3.05) is 33.9 Å². The number of rotatable bonds is 6. The molecule has 0 N–H and O–H groups in total. The van der Waals surface area contributed by atoms with Gasteiger partial charge in [0.1, 0.15) is 0 Å². The molecule has 1 saturated heterocycles. The zero-order chi connectivity index (χ0) is 11.5. The van der Waals surface area contributed by atoms with Gasteiger partial charge in [-0.3, -0.25) is 0 Å². The Bertz CT molecular complexity index is 274. The van der Waals surface area contributed by atoms with Gasteiger partial charge in [0.2, 0.25) is 10.0 Å². The van der Waals surface area contributed by atoms with Crippen LogP contribution in [0.4, 0.5) is 0 Å². The molecule has 0 saturated carbocycles. The third-order valence-corrected chi connectivity index (χ3v) is 5.02. The van der Waals surface area contributed by atoms with Gasteiger partial charge in [-0.25, -0.2) is 8.42 Å². The minimum absolute atomic E-state index is 0.0643. The summed E-state index contributed by atoms with van der Waals surface area (Å²) in [5.41, 5.74) is 0. The number of nitrogens with zero attached hydrogens (tertiary/aromatic N) is 1. The normalized spacial score (nSPS) is 21.3. The quantitative estimate of drug-likeness (QED) is 0.656. The molecule has 1 unspecified atom stereocenters. The van der Waals surface area contributed by atoms with Crippen molar-refractivity contribution in [3.8, 4) is 0 Å². The largest absolute Gasteiger partial charge is 0.385 e. The molecule has 90 valence electrons. The second-order valence-electron chi connectivity index (χ2n) is 3.81. The third kappa shape index (κ3) is 2.90. The van der Waals surface area contributed by atoms with Crippen LogP contribution in [0.2, 0.25) is 0 Å². The summed E-state index contributed by atoms with van der Waals surface area (Å²) in [4.78, 5) is 0. The lowest BCUT2D eigenvalue weighted by atomic mass is 10.2. The summed E-state index contributed by atoms with van der Waals surface area (Å²) >= 11 is 0. The molecule has 1 fully saturated rings. The minimum Gasteiger partial charge on any atom is -0.385 e. The zero-order valence-corrected chi connectivity index (χ0v) is 10.3. The molecule has 0 radical (unpaired) electrons. The average Bonchev–Trinajstić information content (AvgIpc) is 2.12. The molecular formula is C9H19NO4S. The first-order valence-electron chi connectivity index (χ1n) is 5.03. The van der Waals surface area contributed by atoms with Gasteiger partial charge in [-0.2, -0.15) is 4.31 Å². The fourth-order valence-corrected chi connectivity index (χ4v) is 3.10. The second-order valence-corrected chi connectivity index (χ2v) is 6.16. The second kappa shape index (κ2) is 5.25. The van der Waals surface area contributed by atoms with Gasteiger partial charge in [0, 0.05) is 33.9 Å². The van der Waals surface area contributed by atoms with Gasteiger partial charge in [0.05, 0.1) is 11.4 Å². The van der Waals surface area contributed by atoms with Crippen LogP contribution in [0.25, 0.3) is 0 Å². The SMILES string of the molecule is COCCC(C)S(=O)(=O)N1CC(OC)C1. The molecular weight excluding hydrogens is 218 g/mol. The number of hydrogen-bond donors (Lipinski definition) is 0. The Morgan fingerprint density at radius 2 is 2.00 bits per heavy atom. The first kappa shape index (κ1) is 12.9. The summed E-state index contributed by atoms with van der Waals surface area (Å²) < 4.78 is 35.2. The summed E-state index contributed by atoms with van der Waals surface area (Å²) in [5.74, 6) is 0. The lowest BCUT2D eigenvalue weighted by Gasteiger charge is -2.38. The molecule has 15 heavy (non-hydrogen) atoms. The molecule has 0 aliphatic carbocycles. The van der Waals surface area contributed by atoms with Crippen molar-refractivity contribution in [2.24, 2.45) is 0 Å². The van der Waals surface area contributed by atoms with Crippen molar-refractivity contribution < 1.29 is 17.9 Å². The van der Waals surface area contributed by atoms with Crippen molar-refractivity contribution in [3.05, 3.63) is 0 Å². The van der Waals surface area contributed by atoms with Crippen LogP contribution in [-0.2, 0) is 19.5 Å². The lowest BCUT2D eigenvalue weighted by Crippen LogP contribution is -2.56. The highest BCUT2D eigenvalue weighted by Gasteiger charge is 2.38. The van der Waals surface area contributed by atoms with Gasteiger partial charge in [0.25, 0.3) is 0 Å². The number of sulfonamides is 1. The molecule has 5 nitrogen and oxygen atoms in total. The molecule has 1 atom stereocenters. The summed E-state index contributed by atoms with van der Waals surface area (Å²) in [5, 5.41) is -0.379. The van der Waals surface area contributed by atoms with Crippen molar-refractivity contribution in [2.45, 2.75) is 24.7 Å². The van der Waals surface area contributed by atoms with Crippen molar-refractivity contribution in [3.63, 3.8) is 0 Å². The van der Waals surface area contributed by atoms with E-state index in [1.165, 1.54) is 4.31 Å². The number of methoxy groups -OCH3 is 2. The maximum absolute atomic E-state index is 11.9. The fourth-order valence-electron chi connectivity index (χ4n) is 1.44. The third-order valence-electron chi connectivity index (χ3n) is 2.74. The van der Waals surface area contributed by atoms with Gasteiger partial charge >= 0.3 is 0 Å². The van der Waals surface area contributed by atoms with E-state index in [0.717, 1.165) is 0 Å². The Labute approximate surface area is 91.4 Å². The van der Waals surface area contributed by atoms with Crippen LogP contribution in [0, 0.1) is 0 Å². The molecule has 0 aromatic rings. The molecule has 0 spiro atoms. The highest BCUT2D eigenvalue weighted by molar-refractivity contribution is 7.89. The maximum atomic E-state index is 11.9. The molecule has 1 aliphatic heterocycles. The van der Waals surface area contributed by atoms with Crippen molar-refractivity contribution >= 4 is 10.0 Å². The average molecular weight is 237 g/mol. The van der Waals surface area contributed by atoms with Crippen LogP contribution in [0.5, 0.6) is 0 Å². The van der Waals surface area contributed by atoms with Crippen LogP contribution in [0.1, 0.15) is 13.3 Å². The monoisotopic (exact) mass is 237 g/mol. The Kier molecular flexibility index (Phi) is 4.51. The highest BCUT2D eigenvalue weighted by Crippen LogP contribution is 2.20. The molecule has 0 bridgehead atoms. The van der Waals surface area contributed by atoms with Gasteiger partial charge < -0.3 is 9.47 Å². The predicted molar refractivity (Wildman–Crippen MR) is 57.2 cm³/mol.